The summed E-state index contributed by atoms with van der Waals surface area (Å²) in [5, 5.41) is 3.66. The minimum absolute atomic E-state index is 0.0364. The van der Waals surface area contributed by atoms with Gasteiger partial charge in [-0.1, -0.05) is 42.5 Å². The molecule has 8 nitrogen and oxygen atoms in total. The van der Waals surface area contributed by atoms with Crippen LogP contribution in [0.3, 0.4) is 0 Å². The molecule has 0 saturated heterocycles. The molecule has 0 radical (unpaired) electrons. The summed E-state index contributed by atoms with van der Waals surface area (Å²) in [5.74, 6) is -0.270. The van der Waals surface area contributed by atoms with Gasteiger partial charge in [0.2, 0.25) is 5.91 Å². The van der Waals surface area contributed by atoms with Crippen LogP contribution in [0.5, 0.6) is 0 Å². The molecule has 3 aromatic rings. The fraction of sp³-hybridized carbons (Fsp3) is 0.333. The zero-order valence-corrected chi connectivity index (χ0v) is 20.1. The van der Waals surface area contributed by atoms with Gasteiger partial charge in [0.05, 0.1) is 18.8 Å². The van der Waals surface area contributed by atoms with E-state index in [2.05, 4.69) is 15.3 Å². The maximum absolute atomic E-state index is 13.8. The molecule has 0 unspecified atom stereocenters. The Kier molecular flexibility index (Phi) is 5.67. The number of amides is 2. The number of aliphatic imine (C=N–C) groups is 1. The molecule has 2 aliphatic rings. The van der Waals surface area contributed by atoms with Crippen molar-refractivity contribution in [2.75, 3.05) is 13.1 Å². The van der Waals surface area contributed by atoms with Crippen LogP contribution in [0.25, 0.3) is 10.9 Å². The third-order valence-electron chi connectivity index (χ3n) is 6.18. The first kappa shape index (κ1) is 22.8. The quantitative estimate of drug-likeness (QED) is 0.605. The van der Waals surface area contributed by atoms with E-state index in [4.69, 9.17) is 4.74 Å². The number of alkyl carbamates (subject to hydrolysis) is 1. The number of carbonyl (C=O) groups excluding carboxylic acids is 3. The van der Waals surface area contributed by atoms with E-state index in [-0.39, 0.29) is 24.8 Å². The van der Waals surface area contributed by atoms with E-state index >= 15 is 0 Å². The fourth-order valence-corrected chi connectivity index (χ4v) is 4.74. The van der Waals surface area contributed by atoms with Crippen LogP contribution in [0.4, 0.5) is 4.79 Å². The molecule has 1 aromatic heterocycles. The van der Waals surface area contributed by atoms with Crippen molar-refractivity contribution in [2.45, 2.75) is 45.4 Å². The first-order valence-electron chi connectivity index (χ1n) is 11.7. The van der Waals surface area contributed by atoms with Gasteiger partial charge in [-0.05, 0) is 32.4 Å². The zero-order chi connectivity index (χ0) is 24.7. The highest BCUT2D eigenvalue weighted by Gasteiger charge is 2.35. The summed E-state index contributed by atoms with van der Waals surface area (Å²) >= 11 is 0. The topological polar surface area (TPSA) is 104 Å². The number of Topliss-reactive ketones (excluding diaryl/α,β-unsaturated/α-hetero) is 1. The number of nitrogens with zero attached hydrogens (tertiary/aromatic N) is 2. The van der Waals surface area contributed by atoms with E-state index in [1.165, 1.54) is 0 Å². The molecule has 2 aromatic carbocycles. The van der Waals surface area contributed by atoms with Crippen LogP contribution >= 0.6 is 0 Å². The molecule has 0 bridgehead atoms. The average Bonchev–Trinajstić information content (AvgIpc) is 3.12. The summed E-state index contributed by atoms with van der Waals surface area (Å²) in [7, 11) is 0. The van der Waals surface area contributed by atoms with Gasteiger partial charge in [-0.15, -0.1) is 0 Å². The second-order valence-corrected chi connectivity index (χ2v) is 9.98. The number of aromatic amines is 1. The summed E-state index contributed by atoms with van der Waals surface area (Å²) in [6.45, 7) is 5.99. The minimum atomic E-state index is -0.818. The van der Waals surface area contributed by atoms with Crippen LogP contribution in [0, 0.1) is 0 Å². The summed E-state index contributed by atoms with van der Waals surface area (Å²) in [5.41, 5.74) is 4.23. The highest BCUT2D eigenvalue weighted by molar-refractivity contribution is 6.22. The molecule has 0 spiro atoms. The Balaban J connectivity index is 1.46. The van der Waals surface area contributed by atoms with E-state index in [1.807, 2.05) is 48.5 Å². The minimum Gasteiger partial charge on any atom is -0.444 e. The number of ether oxygens (including phenoxy) is 1. The summed E-state index contributed by atoms with van der Waals surface area (Å²) in [4.78, 5) is 48.7. The molecule has 2 N–H and O–H groups in total. The van der Waals surface area contributed by atoms with Crippen molar-refractivity contribution in [1.29, 1.82) is 0 Å². The molecular formula is C27H28N4O4. The lowest BCUT2D eigenvalue weighted by Crippen LogP contribution is -2.52. The Labute approximate surface area is 203 Å². The predicted molar refractivity (Wildman–Crippen MR) is 133 cm³/mol. The molecule has 8 heteroatoms. The lowest BCUT2D eigenvalue weighted by molar-refractivity contribution is -0.133. The van der Waals surface area contributed by atoms with Crippen LogP contribution in [0.15, 0.2) is 53.5 Å². The van der Waals surface area contributed by atoms with Crippen molar-refractivity contribution < 1.29 is 19.1 Å². The van der Waals surface area contributed by atoms with Crippen LogP contribution in [0.2, 0.25) is 0 Å². The second-order valence-electron chi connectivity index (χ2n) is 9.98. The predicted octanol–water partition coefficient (Wildman–Crippen LogP) is 3.63. The zero-order valence-electron chi connectivity index (χ0n) is 20.1. The van der Waals surface area contributed by atoms with Crippen LogP contribution < -0.4 is 5.32 Å². The van der Waals surface area contributed by atoms with E-state index in [1.54, 1.807) is 25.7 Å². The van der Waals surface area contributed by atoms with Crippen molar-refractivity contribution in [3.05, 3.63) is 70.9 Å². The van der Waals surface area contributed by atoms with E-state index < -0.39 is 17.7 Å². The van der Waals surface area contributed by atoms with Gasteiger partial charge in [-0.2, -0.15) is 0 Å². The summed E-state index contributed by atoms with van der Waals surface area (Å²) < 4.78 is 5.43. The largest absolute Gasteiger partial charge is 0.444 e. The maximum atomic E-state index is 13.8. The molecule has 0 saturated carbocycles. The van der Waals surface area contributed by atoms with E-state index in [9.17, 15) is 14.4 Å². The highest BCUT2D eigenvalue weighted by atomic mass is 16.6. The molecular weight excluding hydrogens is 444 g/mol. The van der Waals surface area contributed by atoms with E-state index in [0.717, 1.165) is 27.7 Å². The van der Waals surface area contributed by atoms with Gasteiger partial charge in [-0.25, -0.2) is 4.79 Å². The number of benzene rings is 2. The molecule has 0 fully saturated rings. The molecule has 180 valence electrons. The Morgan fingerprint density at radius 1 is 1.11 bits per heavy atom. The monoisotopic (exact) mass is 472 g/mol. The van der Waals surface area contributed by atoms with Gasteiger partial charge in [0.25, 0.3) is 0 Å². The molecule has 2 amide bonds. The van der Waals surface area contributed by atoms with Crippen molar-refractivity contribution in [2.24, 2.45) is 4.99 Å². The number of aromatic nitrogens is 1. The smallest absolute Gasteiger partial charge is 0.408 e. The third-order valence-corrected chi connectivity index (χ3v) is 6.18. The number of ketones is 1. The standard InChI is InChI=1S/C27H28N4O4/c1-27(2,3)35-26(34)30-19(12-16-8-5-4-6-9-16)25(33)31-14-20-24-21(15-31)29-18-11-7-10-17(23(18)24)22(32)13-28-20/h4-11,19,29H,12-15H2,1-3H3,(H,30,34)/t19-/m0/s1. The molecule has 5 rings (SSSR count). The fourth-order valence-electron chi connectivity index (χ4n) is 4.74. The first-order valence-corrected chi connectivity index (χ1v) is 11.7. The van der Waals surface area contributed by atoms with Crippen molar-refractivity contribution in [3.63, 3.8) is 0 Å². The molecule has 0 aliphatic carbocycles. The Hall–Kier alpha value is -3.94. The Morgan fingerprint density at radius 3 is 2.63 bits per heavy atom. The van der Waals surface area contributed by atoms with E-state index in [0.29, 0.717) is 24.2 Å². The lowest BCUT2D eigenvalue weighted by atomic mass is 9.96. The second kappa shape index (κ2) is 8.69. The summed E-state index contributed by atoms with van der Waals surface area (Å²) in [6.07, 6.45) is -0.318. The molecule has 1 atom stereocenters. The first-order chi connectivity index (χ1) is 16.7. The number of hydrogen-bond acceptors (Lipinski definition) is 5. The lowest BCUT2D eigenvalue weighted by Gasteiger charge is -2.32. The van der Waals surface area contributed by atoms with Crippen molar-refractivity contribution in [1.82, 2.24) is 15.2 Å². The average molecular weight is 473 g/mol. The molecule has 35 heavy (non-hydrogen) atoms. The van der Waals surface area contributed by atoms with Gasteiger partial charge < -0.3 is 19.9 Å². The number of rotatable bonds is 4. The number of hydrogen-bond donors (Lipinski definition) is 2. The number of carbonyl (C=O) groups is 3. The van der Waals surface area contributed by atoms with Crippen molar-refractivity contribution in [3.8, 4) is 0 Å². The van der Waals surface area contributed by atoms with Crippen molar-refractivity contribution >= 4 is 34.4 Å². The maximum Gasteiger partial charge on any atom is 0.408 e. The third kappa shape index (κ3) is 4.56. The van der Waals surface area contributed by atoms with Gasteiger partial charge in [0.15, 0.2) is 5.78 Å². The van der Waals surface area contributed by atoms with Crippen LogP contribution in [-0.2, 0) is 22.5 Å². The SMILES string of the molecule is CC(C)(C)OC(=O)N[C@@H](Cc1ccccc1)C(=O)N1CC2=NCC(=O)c3cccc4[nH]c(c2c34)C1. The molecule has 3 heterocycles. The van der Waals surface area contributed by atoms with Gasteiger partial charge >= 0.3 is 6.09 Å². The van der Waals surface area contributed by atoms with Gasteiger partial charge in [0, 0.05) is 34.1 Å². The Bertz CT molecular complexity index is 1350. The summed E-state index contributed by atoms with van der Waals surface area (Å²) in [6, 6.07) is 14.3. The number of nitrogens with one attached hydrogen (secondary N) is 2. The van der Waals surface area contributed by atoms with Gasteiger partial charge in [0.1, 0.15) is 18.2 Å². The van der Waals surface area contributed by atoms with Crippen LogP contribution in [-0.4, -0.2) is 58.1 Å². The van der Waals surface area contributed by atoms with Gasteiger partial charge in [-0.3, -0.25) is 14.6 Å². The molecule has 2 aliphatic heterocycles. The van der Waals surface area contributed by atoms with Crippen LogP contribution in [0.1, 0.15) is 48.0 Å². The highest BCUT2D eigenvalue weighted by Crippen LogP contribution is 2.33. The normalized spacial score (nSPS) is 15.9. The Morgan fingerprint density at radius 2 is 1.89 bits per heavy atom. The number of H-pyrrole nitrogens is 1.